The van der Waals surface area contributed by atoms with Gasteiger partial charge in [-0.25, -0.2) is 79.4 Å². The number of hydrogen-bond donors (Lipinski definition) is 14. The summed E-state index contributed by atoms with van der Waals surface area (Å²) >= 11 is 34.0. The summed E-state index contributed by atoms with van der Waals surface area (Å²) in [5.74, 6) is 1.85. The number of amides is 3. The molecule has 45 nitrogen and oxygen atoms in total. The molecule has 16 N–H and O–H groups in total. The Balaban J connectivity index is 0.00000139. The zero-order valence-electron chi connectivity index (χ0n) is 64.6. The van der Waals surface area contributed by atoms with Crippen LogP contribution in [0.5, 0.6) is 0 Å². The van der Waals surface area contributed by atoms with E-state index >= 15 is 0 Å². The molecule has 0 atom stereocenters. The number of aromatic carboxylic acids is 2. The summed E-state index contributed by atoms with van der Waals surface area (Å²) < 4.78 is 31.6. The molecule has 3 amide bonds. The van der Waals surface area contributed by atoms with Crippen LogP contribution in [0.2, 0.25) is 25.4 Å². The number of nitrogens with zero attached hydrogens (tertiary/aromatic N) is 17. The van der Waals surface area contributed by atoms with E-state index in [0.717, 1.165) is 100 Å². The van der Waals surface area contributed by atoms with E-state index in [1.807, 2.05) is 64.4 Å². The first kappa shape index (κ1) is 111. The van der Waals surface area contributed by atoms with Gasteiger partial charge in [0.1, 0.15) is 17.5 Å². The van der Waals surface area contributed by atoms with Crippen molar-refractivity contribution < 1.29 is 240 Å². The van der Waals surface area contributed by atoms with Crippen LogP contribution in [0.25, 0.3) is 33.1 Å². The number of nitrogens with two attached hydrogens (primary N) is 2. The van der Waals surface area contributed by atoms with Gasteiger partial charge in [-0.05, 0) is 73.2 Å². The van der Waals surface area contributed by atoms with Crippen molar-refractivity contribution >= 4 is 172 Å². The first-order valence-electron chi connectivity index (χ1n) is 32.5. The van der Waals surface area contributed by atoms with E-state index in [2.05, 4.69) is 122 Å². The van der Waals surface area contributed by atoms with Gasteiger partial charge in [0.05, 0.1) is 44.9 Å². The molecule has 0 radical (unpaired) electrons. The van der Waals surface area contributed by atoms with E-state index < -0.39 is 38.8 Å². The zero-order chi connectivity index (χ0) is 86.5. The van der Waals surface area contributed by atoms with Crippen LogP contribution in [0.3, 0.4) is 0 Å². The molecule has 0 aliphatic carbocycles. The van der Waals surface area contributed by atoms with Crippen molar-refractivity contribution in [3.05, 3.63) is 226 Å². The second-order valence-corrected chi connectivity index (χ2v) is 25.4. The molecule has 3 fully saturated rings. The normalized spacial score (nSPS) is 11.8. The fraction of sp³-hybridized carbons (Fsp3) is 0.212. The predicted octanol–water partition coefficient (Wildman–Crippen LogP) is -3.57. The number of nitrogen functional groups attached to an aromatic ring is 1. The number of anilines is 3. The number of benzene rings is 3. The largest absolute Gasteiger partial charge is 1.00 e. The summed E-state index contributed by atoms with van der Waals surface area (Å²) in [7, 11) is 1.51. The van der Waals surface area contributed by atoms with Gasteiger partial charge >= 0.3 is 190 Å². The van der Waals surface area contributed by atoms with E-state index in [4.69, 9.17) is 123 Å². The van der Waals surface area contributed by atoms with Crippen molar-refractivity contribution in [3.8, 4) is 0 Å². The van der Waals surface area contributed by atoms with Crippen LogP contribution in [0.1, 0.15) is 107 Å². The van der Waals surface area contributed by atoms with E-state index in [-0.39, 0.29) is 245 Å². The minimum Gasteiger partial charge on any atom is -1.00 e. The standard InChI is InChI=1S/2C16H15ClN6O.C10H10ClN3.C6H6ClN3O.C5H2Cl2N2O.C5H5N3O2.C5H4N2O3.CH5N.CH2O3.CH4.2Cs.HNO2.Na.H2O4S.H/c2*1-18-16(24)13-15(20-5-4-19-13)23-7-9(8-23)14-21-11-3-2-10(17)6-12(11)22-14;11-7-1-2-8-9(3-7)14-10(13-8)6-4-12-5-6;1-8-6(11)4-5(7)10-3-2-9-4;6-4-3(5(7)10)8-1-2-9-4;6-4-3(5(9)10)7-1-2-8-4;8-4-3(5(9)10)6-1-2-7-4;1-2;2-1-4-3;;;;2-1-3;;1-5(2,3)4;/h2*2-6,9H,7-8H2,1H3,(H,18,24)(H,21,22);1-3,6,12H,4-5H2,(H,13,14);2-3H,1H3,(H,8,11);1-2H;1-2H,(H2,6,8)(H,9,10);1-2H,(H,7,8)(H,9,10);2H2,1H3;1,3H;1H4;;;(H,2,3);;(H2,1,2,3,4);/q;;;;;;;;;;2*+1;;+1;;-1/p-2. The van der Waals surface area contributed by atoms with E-state index in [1.54, 1.807) is 26.5 Å². The molecule has 15 rings (SSSR count). The maximum absolute atomic E-state index is 11.9. The number of aromatic nitrogens is 18. The first-order valence-corrected chi connectivity index (χ1v) is 36.1. The maximum atomic E-state index is 11.9. The first-order chi connectivity index (χ1) is 55.9. The Bertz CT molecular complexity index is 5350. The summed E-state index contributed by atoms with van der Waals surface area (Å²) in [5, 5.41) is 46.5. The van der Waals surface area contributed by atoms with Gasteiger partial charge in [-0.3, -0.25) is 37.9 Å². The van der Waals surface area contributed by atoms with E-state index in [1.165, 1.54) is 76.1 Å². The third kappa shape index (κ3) is 36.1. The van der Waals surface area contributed by atoms with Crippen molar-refractivity contribution in [2.24, 2.45) is 11.1 Å². The van der Waals surface area contributed by atoms with Crippen LogP contribution < -0.4 is 221 Å². The number of aromatic amines is 4. The zero-order valence-corrected chi connectivity index (χ0v) is 83.5. The van der Waals surface area contributed by atoms with Gasteiger partial charge in [0.15, 0.2) is 56.2 Å². The molecule has 0 saturated carbocycles. The van der Waals surface area contributed by atoms with E-state index in [0.29, 0.717) is 39.0 Å². The Kier molecular flexibility index (Phi) is 53.0. The summed E-state index contributed by atoms with van der Waals surface area (Å²) in [5.41, 5.74) is 14.8. The molecule has 3 aliphatic heterocycles. The van der Waals surface area contributed by atoms with E-state index in [9.17, 15) is 33.6 Å². The number of carboxylic acids is 2. The molecule has 55 heteroatoms. The maximum Gasteiger partial charge on any atom is 1.00 e. The van der Waals surface area contributed by atoms with Crippen molar-refractivity contribution in [2.75, 3.05) is 83.0 Å². The molecule has 0 unspecified atom stereocenters. The fourth-order valence-electron chi connectivity index (χ4n) is 9.46. The second kappa shape index (κ2) is 57.6. The van der Waals surface area contributed by atoms with Crippen LogP contribution in [-0.4, -0.2) is 226 Å². The molecule has 3 aromatic carbocycles. The van der Waals surface area contributed by atoms with Crippen LogP contribution in [0.15, 0.2) is 139 Å². The summed E-state index contributed by atoms with van der Waals surface area (Å²) in [6.45, 7) is 4.79. The van der Waals surface area contributed by atoms with Gasteiger partial charge < -0.3 is 94.4 Å². The minimum atomic E-state index is -4.67. The van der Waals surface area contributed by atoms with Gasteiger partial charge in [0.2, 0.25) is 5.69 Å². The van der Waals surface area contributed by atoms with Crippen LogP contribution in [-0.2, 0) is 20.1 Å². The molecular weight excluding hydrogens is 1990 g/mol. The number of carbonyl (C=O) groups is 7. The minimum absolute atomic E-state index is 0. The number of carboxylic acid groups (broad SMARTS) is 2. The molecule has 9 aromatic heterocycles. The topological polar surface area (TPSA) is 687 Å². The molecule has 3 saturated heterocycles. The van der Waals surface area contributed by atoms with Gasteiger partial charge in [-0.2, -0.15) is 8.42 Å². The van der Waals surface area contributed by atoms with Crippen LogP contribution in [0.4, 0.5) is 17.5 Å². The Morgan fingerprint density at radius 1 is 0.554 bits per heavy atom. The number of rotatable bonds is 12. The van der Waals surface area contributed by atoms with Crippen molar-refractivity contribution in [3.63, 3.8) is 0 Å². The third-order valence-electron chi connectivity index (χ3n) is 14.7. The van der Waals surface area contributed by atoms with Crippen molar-refractivity contribution in [1.82, 2.24) is 111 Å². The number of H-pyrrole nitrogens is 4. The number of imidazole rings is 3. The molecule has 3 aliphatic rings. The molecule has 121 heavy (non-hydrogen) atoms. The SMILES string of the molecule is C.CN.CNC(=O)c1nccnc1Cl.CNC(=O)c1nccnc1N1CC(c2nc3ccc(Cl)cc3[nH]2)C1.CNC(=O)c1nccnc1N1CC(c2nc3ccc(Cl)cc3[nH]2)C1.Clc1ccc2nc(C3CNC3)[nH]c2c1.Nc1nccnc1C(=O)O.O=C(Cl)c1nccnc1Cl.O=C(O)c1ncc[nH]c1=O.O=CO[O-].O=N[O-].O=S(=O)(O)O.[Cs+].[Cs+].[H-].[Na+]. The molecule has 0 spiro atoms. The quantitative estimate of drug-likeness (QED) is 0.0107. The Labute approximate surface area is 856 Å². The van der Waals surface area contributed by atoms with Crippen LogP contribution >= 0.6 is 69.6 Å². The Morgan fingerprint density at radius 3 is 1.14 bits per heavy atom. The fourth-order valence-corrected chi connectivity index (χ4v) is 10.5. The third-order valence-corrected chi connectivity index (χ3v) is 16.2. The average Bonchev–Trinajstić information content (AvgIpc) is 1.50. The number of halogens is 6. The summed E-state index contributed by atoms with van der Waals surface area (Å²) in [6, 6.07) is 16.9. The smallest absolute Gasteiger partial charge is 1.00 e. The number of hydrogen-bond acceptors (Lipinski definition) is 34. The van der Waals surface area contributed by atoms with Crippen molar-refractivity contribution in [2.45, 2.75) is 25.2 Å². The predicted molar refractivity (Wildman–Crippen MR) is 431 cm³/mol. The Hall–Kier alpha value is -7.77. The van der Waals surface area contributed by atoms with Gasteiger partial charge in [-0.1, -0.05) is 65.4 Å². The number of fused-ring (bicyclic) bond motifs is 3. The molecule has 12 heterocycles. The molecular formula is C66H70Cl6Cs2N27NaO18S. The molecule has 628 valence electrons. The van der Waals surface area contributed by atoms with Crippen molar-refractivity contribution in [1.29, 1.82) is 0 Å². The number of carbonyl (C=O) groups excluding carboxylic acids is 5. The Morgan fingerprint density at radius 2 is 0.860 bits per heavy atom. The molecule has 12 aromatic rings. The molecule has 0 bridgehead atoms. The van der Waals surface area contributed by atoms with Gasteiger partial charge in [0.25, 0.3) is 35.0 Å². The average molecular weight is 2060 g/mol. The summed E-state index contributed by atoms with van der Waals surface area (Å²) in [6.07, 6.45) is 16.9. The van der Waals surface area contributed by atoms with Crippen LogP contribution in [0, 0.1) is 10.1 Å². The van der Waals surface area contributed by atoms with Gasteiger partial charge in [0, 0.05) is 156 Å². The monoisotopic (exact) mass is 2060 g/mol. The second-order valence-electron chi connectivity index (χ2n) is 22.2. The van der Waals surface area contributed by atoms with Gasteiger partial charge in [-0.15, -0.1) is 5.34 Å². The summed E-state index contributed by atoms with van der Waals surface area (Å²) in [4.78, 5) is 167. The number of nitrogens with one attached hydrogen (secondary N) is 8.